The Balaban J connectivity index is 0.00000338. The molecule has 146 valence electrons. The zero-order valence-electron chi connectivity index (χ0n) is 15.3. The number of benzene rings is 1. The molecule has 1 heterocycles. The normalized spacial score (nSPS) is 19.1. The summed E-state index contributed by atoms with van der Waals surface area (Å²) in [6, 6.07) is 4.41. The molecule has 1 unspecified atom stereocenters. The van der Waals surface area contributed by atoms with Crippen molar-refractivity contribution in [3.05, 3.63) is 23.8 Å². The van der Waals surface area contributed by atoms with Crippen molar-refractivity contribution in [2.75, 3.05) is 46.2 Å². The number of ether oxygens (including phenoxy) is 1. The Hall–Kier alpha value is -2.03. The summed E-state index contributed by atoms with van der Waals surface area (Å²) in [6.45, 7) is 1.49. The van der Waals surface area contributed by atoms with E-state index in [1.807, 2.05) is 0 Å². The number of carbonyl (C=O) groups is 2. The van der Waals surface area contributed by atoms with Crippen molar-refractivity contribution >= 4 is 30.0 Å². The maximum atomic E-state index is 12.2. The lowest BCUT2D eigenvalue weighted by Crippen LogP contribution is -2.53. The first kappa shape index (κ1) is 22.0. The Labute approximate surface area is 159 Å². The number of rotatable bonds is 5. The third kappa shape index (κ3) is 5.76. The minimum Gasteiger partial charge on any atom is -0.496 e. The number of hydrogen-bond acceptors (Lipinski definition) is 5. The van der Waals surface area contributed by atoms with E-state index in [-0.39, 0.29) is 24.9 Å². The van der Waals surface area contributed by atoms with Crippen LogP contribution in [0.3, 0.4) is 0 Å². The molecular formula is C17H27ClN4O4. The monoisotopic (exact) mass is 386 g/mol. The Morgan fingerprint density at radius 3 is 2.69 bits per heavy atom. The Bertz CT molecular complexity index is 633. The topological polar surface area (TPSA) is 103 Å². The van der Waals surface area contributed by atoms with Gasteiger partial charge in [0.15, 0.2) is 0 Å². The van der Waals surface area contributed by atoms with Crippen LogP contribution in [-0.4, -0.2) is 68.4 Å². The summed E-state index contributed by atoms with van der Waals surface area (Å²) in [5.41, 5.74) is -0.0978. The van der Waals surface area contributed by atoms with Crippen LogP contribution in [0.15, 0.2) is 18.2 Å². The second kappa shape index (κ2) is 9.61. The Kier molecular flexibility index (Phi) is 8.13. The first-order valence-electron chi connectivity index (χ1n) is 8.22. The molecule has 0 spiro atoms. The third-order valence-electron chi connectivity index (χ3n) is 4.12. The lowest BCUT2D eigenvalue weighted by atomic mass is 9.94. The van der Waals surface area contributed by atoms with Gasteiger partial charge in [0.25, 0.3) is 5.91 Å². The van der Waals surface area contributed by atoms with Crippen molar-refractivity contribution in [1.82, 2.24) is 15.5 Å². The minimum atomic E-state index is -0.929. The number of carbonyl (C=O) groups excluding carboxylic acids is 2. The van der Waals surface area contributed by atoms with Crippen molar-refractivity contribution < 1.29 is 19.4 Å². The average Bonchev–Trinajstić information content (AvgIpc) is 2.60. The Morgan fingerprint density at radius 1 is 1.38 bits per heavy atom. The van der Waals surface area contributed by atoms with Crippen LogP contribution < -0.4 is 20.7 Å². The van der Waals surface area contributed by atoms with Gasteiger partial charge in [-0.2, -0.15) is 0 Å². The largest absolute Gasteiger partial charge is 0.496 e. The molecule has 0 bridgehead atoms. The quantitative estimate of drug-likeness (QED) is 0.606. The lowest BCUT2D eigenvalue weighted by molar-refractivity contribution is 0.0198. The molecule has 4 N–H and O–H groups in total. The van der Waals surface area contributed by atoms with Gasteiger partial charge in [0.05, 0.1) is 18.3 Å². The predicted octanol–water partition coefficient (Wildman–Crippen LogP) is 1.05. The highest BCUT2D eigenvalue weighted by Crippen LogP contribution is 2.23. The molecule has 1 aromatic rings. The number of hydrogen-bond donors (Lipinski definition) is 4. The number of urea groups is 1. The number of anilines is 1. The number of β-amino-alcohol motifs (C(OH)–C–C–N with tert-alkyl or cyclic N) is 1. The fraction of sp³-hybridized carbons (Fsp3) is 0.529. The van der Waals surface area contributed by atoms with Crippen LogP contribution in [0.5, 0.6) is 5.75 Å². The van der Waals surface area contributed by atoms with Crippen LogP contribution in [0.25, 0.3) is 0 Å². The van der Waals surface area contributed by atoms with E-state index in [1.54, 1.807) is 32.3 Å². The highest BCUT2D eigenvalue weighted by molar-refractivity contribution is 5.99. The maximum Gasteiger partial charge on any atom is 0.319 e. The van der Waals surface area contributed by atoms with Crippen molar-refractivity contribution in [3.63, 3.8) is 0 Å². The van der Waals surface area contributed by atoms with E-state index >= 15 is 0 Å². The summed E-state index contributed by atoms with van der Waals surface area (Å²) >= 11 is 0. The van der Waals surface area contributed by atoms with E-state index in [9.17, 15) is 14.7 Å². The standard InChI is InChI=1S/C17H26N4O4.ClH/c1-21(2)15(22)13-9-12(5-6-14(13)25-3)20-16(23)19-11-17(24)7-4-8-18-10-17;/h5-6,9,18,24H,4,7-8,10-11H2,1-3H3,(H2,19,20,23);1H. The summed E-state index contributed by atoms with van der Waals surface area (Å²) in [6.07, 6.45) is 1.51. The van der Waals surface area contributed by atoms with Gasteiger partial charge >= 0.3 is 6.03 Å². The van der Waals surface area contributed by atoms with Gasteiger partial charge in [-0.25, -0.2) is 4.79 Å². The fourth-order valence-electron chi connectivity index (χ4n) is 2.72. The van der Waals surface area contributed by atoms with Crippen LogP contribution >= 0.6 is 12.4 Å². The van der Waals surface area contributed by atoms with E-state index in [2.05, 4.69) is 16.0 Å². The first-order valence-corrected chi connectivity index (χ1v) is 8.22. The molecule has 26 heavy (non-hydrogen) atoms. The van der Waals surface area contributed by atoms with E-state index in [0.29, 0.717) is 30.0 Å². The lowest BCUT2D eigenvalue weighted by Gasteiger charge is -2.32. The highest BCUT2D eigenvalue weighted by atomic mass is 35.5. The third-order valence-corrected chi connectivity index (χ3v) is 4.12. The molecule has 1 aliphatic rings. The Morgan fingerprint density at radius 2 is 2.12 bits per heavy atom. The number of nitrogens with one attached hydrogen (secondary N) is 3. The number of methoxy groups -OCH3 is 1. The predicted molar refractivity (Wildman–Crippen MR) is 102 cm³/mol. The van der Waals surface area contributed by atoms with Crippen molar-refractivity contribution in [2.24, 2.45) is 0 Å². The summed E-state index contributed by atoms with van der Waals surface area (Å²) < 4.78 is 5.20. The van der Waals surface area contributed by atoms with E-state index in [4.69, 9.17) is 4.74 Å². The minimum absolute atomic E-state index is 0. The first-order chi connectivity index (χ1) is 11.8. The molecule has 0 aliphatic carbocycles. The second-order valence-corrected chi connectivity index (χ2v) is 6.43. The van der Waals surface area contributed by atoms with Gasteiger partial charge in [0.2, 0.25) is 0 Å². The summed E-state index contributed by atoms with van der Waals surface area (Å²) in [5, 5.41) is 18.8. The maximum absolute atomic E-state index is 12.2. The average molecular weight is 387 g/mol. The highest BCUT2D eigenvalue weighted by Gasteiger charge is 2.29. The van der Waals surface area contributed by atoms with Gasteiger partial charge in [0.1, 0.15) is 5.75 Å². The number of halogens is 1. The summed E-state index contributed by atoms with van der Waals surface area (Å²) in [4.78, 5) is 25.7. The van der Waals surface area contributed by atoms with Crippen LogP contribution in [0.2, 0.25) is 0 Å². The zero-order valence-corrected chi connectivity index (χ0v) is 16.1. The number of piperidine rings is 1. The molecule has 0 radical (unpaired) electrons. The fourth-order valence-corrected chi connectivity index (χ4v) is 2.72. The van der Waals surface area contributed by atoms with Crippen LogP contribution in [-0.2, 0) is 0 Å². The molecule has 1 saturated heterocycles. The molecule has 1 atom stereocenters. The number of amides is 3. The molecule has 1 fully saturated rings. The zero-order chi connectivity index (χ0) is 18.4. The van der Waals surface area contributed by atoms with Gasteiger partial charge in [-0.05, 0) is 37.6 Å². The van der Waals surface area contributed by atoms with Crippen LogP contribution in [0, 0.1) is 0 Å². The summed E-state index contributed by atoms with van der Waals surface area (Å²) in [7, 11) is 4.78. The van der Waals surface area contributed by atoms with Gasteiger partial charge in [-0.1, -0.05) is 0 Å². The molecule has 1 aliphatic heterocycles. The van der Waals surface area contributed by atoms with Crippen molar-refractivity contribution in [3.8, 4) is 5.75 Å². The second-order valence-electron chi connectivity index (χ2n) is 6.43. The summed E-state index contributed by atoms with van der Waals surface area (Å²) in [5.74, 6) is 0.218. The van der Waals surface area contributed by atoms with Gasteiger partial charge < -0.3 is 30.7 Å². The number of aliphatic hydroxyl groups is 1. The number of nitrogens with zero attached hydrogens (tertiary/aromatic N) is 1. The van der Waals surface area contributed by atoms with E-state index < -0.39 is 11.6 Å². The van der Waals surface area contributed by atoms with Gasteiger partial charge in [-0.3, -0.25) is 4.79 Å². The van der Waals surface area contributed by atoms with Crippen LogP contribution in [0.4, 0.5) is 10.5 Å². The SMILES string of the molecule is COc1ccc(NC(=O)NCC2(O)CCCNC2)cc1C(=O)N(C)C.Cl. The molecule has 8 nitrogen and oxygen atoms in total. The van der Waals surface area contributed by atoms with Gasteiger partial charge in [0, 0.05) is 32.9 Å². The van der Waals surface area contributed by atoms with Crippen molar-refractivity contribution in [2.45, 2.75) is 18.4 Å². The van der Waals surface area contributed by atoms with Crippen LogP contribution in [0.1, 0.15) is 23.2 Å². The molecule has 3 amide bonds. The molecule has 2 rings (SSSR count). The molecule has 0 saturated carbocycles. The molecule has 1 aromatic carbocycles. The van der Waals surface area contributed by atoms with Crippen molar-refractivity contribution in [1.29, 1.82) is 0 Å². The smallest absolute Gasteiger partial charge is 0.319 e. The molecular weight excluding hydrogens is 360 g/mol. The van der Waals surface area contributed by atoms with E-state index in [1.165, 1.54) is 12.0 Å². The molecule has 0 aromatic heterocycles. The molecule has 9 heteroatoms. The van der Waals surface area contributed by atoms with Gasteiger partial charge in [-0.15, -0.1) is 12.4 Å². The van der Waals surface area contributed by atoms with E-state index in [0.717, 1.165) is 13.0 Å².